The number of hydrogen-bond donors (Lipinski definition) is 3. The molecule has 0 bridgehead atoms. The molecule has 12 heteroatoms. The zero-order valence-corrected chi connectivity index (χ0v) is 29.8. The van der Waals surface area contributed by atoms with Crippen molar-refractivity contribution in [1.29, 1.82) is 0 Å². The quantitative estimate of drug-likeness (QED) is 0.0339. The molecule has 1 unspecified atom stereocenters. The van der Waals surface area contributed by atoms with Crippen LogP contribution in [-0.2, 0) is 37.5 Å². The Labute approximate surface area is 278 Å². The molecule has 4 N–H and O–H groups in total. The zero-order chi connectivity index (χ0) is 34.3. The summed E-state index contributed by atoms with van der Waals surface area (Å²) < 4.78 is 32.4. The number of carbonyl (C=O) groups excluding carboxylic acids is 2. The summed E-state index contributed by atoms with van der Waals surface area (Å²) in [6.07, 6.45) is 24.8. The molecule has 0 aliphatic carbocycles. The Kier molecular flexibility index (Phi) is 29.8. The Morgan fingerprint density at radius 2 is 0.957 bits per heavy atom. The number of phosphoric ester groups is 1. The summed E-state index contributed by atoms with van der Waals surface area (Å²) in [5.41, 5.74) is 5.30. The highest BCUT2D eigenvalue weighted by Gasteiger charge is 2.28. The second-order valence-corrected chi connectivity index (χ2v) is 13.8. The Bertz CT molecular complexity index is 813. The molecule has 272 valence electrons. The van der Waals surface area contributed by atoms with Crippen LogP contribution in [-0.4, -0.2) is 59.9 Å². The van der Waals surface area contributed by atoms with Crippen LogP contribution in [0.15, 0.2) is 0 Å². The van der Waals surface area contributed by atoms with Gasteiger partial charge in [0.1, 0.15) is 12.6 Å². The van der Waals surface area contributed by atoms with Crippen LogP contribution in [0.1, 0.15) is 168 Å². The van der Waals surface area contributed by atoms with E-state index in [1.165, 1.54) is 89.9 Å². The molecule has 0 fully saturated rings. The number of carbonyl (C=O) groups is 3. The van der Waals surface area contributed by atoms with Gasteiger partial charge in [0.2, 0.25) is 0 Å². The molecule has 0 aliphatic heterocycles. The fraction of sp³-hybridized carbons (Fsp3) is 0.912. The first kappa shape index (κ1) is 44.5. The summed E-state index contributed by atoms with van der Waals surface area (Å²) in [6, 6.07) is -1.51. The first-order chi connectivity index (χ1) is 22.1. The highest BCUT2D eigenvalue weighted by Crippen LogP contribution is 2.43. The number of carboxylic acid groups (broad SMARTS) is 1. The SMILES string of the molecule is CCCCCCCCCCCCCCCCCC(=O)O[C@H](COC(=O)CCCCCCCCC)COP(=O)(O)OC[C@H](N)C(=O)O. The summed E-state index contributed by atoms with van der Waals surface area (Å²) in [5.74, 6) is -2.38. The molecule has 0 aliphatic rings. The molecule has 46 heavy (non-hydrogen) atoms. The minimum atomic E-state index is -4.69. The third kappa shape index (κ3) is 29.9. The van der Waals surface area contributed by atoms with Crippen molar-refractivity contribution >= 4 is 25.7 Å². The van der Waals surface area contributed by atoms with Crippen molar-refractivity contribution < 1.29 is 47.5 Å². The predicted octanol–water partition coefficient (Wildman–Crippen LogP) is 8.39. The van der Waals surface area contributed by atoms with Crippen LogP contribution in [0, 0.1) is 0 Å². The first-order valence-electron chi connectivity index (χ1n) is 18.1. The lowest BCUT2D eigenvalue weighted by atomic mass is 10.0. The number of rotatable bonds is 34. The van der Waals surface area contributed by atoms with Crippen molar-refractivity contribution in [2.45, 2.75) is 180 Å². The fourth-order valence-corrected chi connectivity index (χ4v) is 5.72. The van der Waals surface area contributed by atoms with Gasteiger partial charge in [-0.2, -0.15) is 0 Å². The van der Waals surface area contributed by atoms with E-state index in [4.69, 9.17) is 24.8 Å². The van der Waals surface area contributed by atoms with Gasteiger partial charge in [-0.1, -0.05) is 142 Å². The van der Waals surface area contributed by atoms with Gasteiger partial charge in [-0.05, 0) is 12.8 Å². The van der Waals surface area contributed by atoms with Crippen molar-refractivity contribution in [3.63, 3.8) is 0 Å². The third-order valence-electron chi connectivity index (χ3n) is 7.86. The molecule has 0 aromatic carbocycles. The number of hydrogen-bond acceptors (Lipinski definition) is 9. The summed E-state index contributed by atoms with van der Waals surface area (Å²) in [6.45, 7) is 2.74. The highest BCUT2D eigenvalue weighted by atomic mass is 31.2. The molecule has 0 aromatic rings. The maximum Gasteiger partial charge on any atom is 0.472 e. The summed E-state index contributed by atoms with van der Waals surface area (Å²) in [4.78, 5) is 45.5. The van der Waals surface area contributed by atoms with E-state index in [1.807, 2.05) is 0 Å². The Morgan fingerprint density at radius 1 is 0.587 bits per heavy atom. The molecule has 11 nitrogen and oxygen atoms in total. The lowest BCUT2D eigenvalue weighted by Gasteiger charge is -2.20. The Morgan fingerprint density at radius 3 is 1.37 bits per heavy atom. The van der Waals surface area contributed by atoms with E-state index in [9.17, 15) is 23.8 Å². The standard InChI is InChI=1S/C34H66NO10P/c1-3-5-7-9-11-12-13-14-15-16-17-18-20-22-24-26-33(37)45-30(28-43-46(40,41)44-29-31(35)34(38)39)27-42-32(36)25-23-21-19-10-8-6-4-2/h30-31H,3-29,35H2,1-2H3,(H,38,39)(H,40,41)/t30-,31+/m1/s1. The molecule has 0 amide bonds. The van der Waals surface area contributed by atoms with Crippen molar-refractivity contribution in [2.75, 3.05) is 19.8 Å². The minimum Gasteiger partial charge on any atom is -0.480 e. The van der Waals surface area contributed by atoms with E-state index in [0.717, 1.165) is 38.5 Å². The molecule has 0 rings (SSSR count). The summed E-state index contributed by atoms with van der Waals surface area (Å²) >= 11 is 0. The fourth-order valence-electron chi connectivity index (χ4n) is 4.95. The van der Waals surface area contributed by atoms with E-state index in [2.05, 4.69) is 18.4 Å². The Hall–Kier alpha value is -1.52. The van der Waals surface area contributed by atoms with E-state index in [0.29, 0.717) is 12.8 Å². The van der Waals surface area contributed by atoms with Gasteiger partial charge >= 0.3 is 25.7 Å². The molecule has 0 heterocycles. The maximum absolute atomic E-state index is 12.5. The number of aliphatic carboxylic acids is 1. The number of ether oxygens (including phenoxy) is 2. The topological polar surface area (TPSA) is 172 Å². The molecule has 3 atom stereocenters. The monoisotopic (exact) mass is 679 g/mol. The van der Waals surface area contributed by atoms with Crippen molar-refractivity contribution in [1.82, 2.24) is 0 Å². The van der Waals surface area contributed by atoms with Gasteiger partial charge in [-0.25, -0.2) is 4.57 Å². The van der Waals surface area contributed by atoms with Gasteiger partial charge in [0.15, 0.2) is 6.10 Å². The van der Waals surface area contributed by atoms with Gasteiger partial charge < -0.3 is 25.2 Å². The van der Waals surface area contributed by atoms with Crippen LogP contribution >= 0.6 is 7.82 Å². The van der Waals surface area contributed by atoms with Crippen LogP contribution in [0.4, 0.5) is 0 Å². The summed E-state index contributed by atoms with van der Waals surface area (Å²) in [5, 5.41) is 8.83. The number of unbranched alkanes of at least 4 members (excludes halogenated alkanes) is 20. The van der Waals surface area contributed by atoms with Gasteiger partial charge in [-0.15, -0.1) is 0 Å². The summed E-state index contributed by atoms with van der Waals surface area (Å²) in [7, 11) is -4.69. The van der Waals surface area contributed by atoms with Crippen molar-refractivity contribution in [3.8, 4) is 0 Å². The van der Waals surface area contributed by atoms with Gasteiger partial charge in [0.25, 0.3) is 0 Å². The van der Waals surface area contributed by atoms with Gasteiger partial charge in [0.05, 0.1) is 13.2 Å². The van der Waals surface area contributed by atoms with Gasteiger partial charge in [-0.3, -0.25) is 23.4 Å². The average Bonchev–Trinajstić information content (AvgIpc) is 3.02. The van der Waals surface area contributed by atoms with Crippen molar-refractivity contribution in [3.05, 3.63) is 0 Å². The van der Waals surface area contributed by atoms with E-state index in [1.54, 1.807) is 0 Å². The molecule has 0 aromatic heterocycles. The number of nitrogens with two attached hydrogens (primary N) is 1. The molecule has 0 saturated heterocycles. The van der Waals surface area contributed by atoms with Crippen LogP contribution in [0.25, 0.3) is 0 Å². The smallest absolute Gasteiger partial charge is 0.472 e. The lowest BCUT2D eigenvalue weighted by molar-refractivity contribution is -0.161. The Balaban J connectivity index is 4.38. The normalized spacial score (nSPS) is 14.0. The maximum atomic E-state index is 12.5. The average molecular weight is 680 g/mol. The second kappa shape index (κ2) is 30.8. The molecular weight excluding hydrogens is 613 g/mol. The van der Waals surface area contributed by atoms with Crippen LogP contribution in [0.5, 0.6) is 0 Å². The largest absolute Gasteiger partial charge is 0.480 e. The molecule has 0 spiro atoms. The van der Waals surface area contributed by atoms with E-state index >= 15 is 0 Å². The van der Waals surface area contributed by atoms with E-state index in [-0.39, 0.29) is 19.4 Å². The van der Waals surface area contributed by atoms with Crippen LogP contribution in [0.3, 0.4) is 0 Å². The number of phosphoric acid groups is 1. The van der Waals surface area contributed by atoms with Crippen molar-refractivity contribution in [2.24, 2.45) is 5.73 Å². The first-order valence-corrected chi connectivity index (χ1v) is 19.6. The third-order valence-corrected chi connectivity index (χ3v) is 8.81. The lowest BCUT2D eigenvalue weighted by Crippen LogP contribution is -2.34. The van der Waals surface area contributed by atoms with Crippen LogP contribution in [0.2, 0.25) is 0 Å². The number of esters is 2. The second-order valence-electron chi connectivity index (χ2n) is 12.4. The highest BCUT2D eigenvalue weighted by molar-refractivity contribution is 7.47. The predicted molar refractivity (Wildman–Crippen MR) is 180 cm³/mol. The van der Waals surface area contributed by atoms with Crippen LogP contribution < -0.4 is 5.73 Å². The number of carboxylic acids is 1. The minimum absolute atomic E-state index is 0.168. The molecular formula is C34H66NO10P. The molecule has 0 radical (unpaired) electrons. The molecule has 0 saturated carbocycles. The van der Waals surface area contributed by atoms with E-state index < -0.39 is 51.1 Å². The van der Waals surface area contributed by atoms with Gasteiger partial charge in [0, 0.05) is 12.8 Å². The zero-order valence-electron chi connectivity index (χ0n) is 28.9.